The molecule has 1 aromatic carbocycles. The van der Waals surface area contributed by atoms with Crippen molar-refractivity contribution < 1.29 is 5.10 Å². The Kier molecular flexibility index (Phi) is 2.69. The maximum atomic E-state index is 5.49. The number of nitrogens with two attached hydrogens (primary N) is 1. The molecule has 0 heterocycles. The van der Waals surface area contributed by atoms with E-state index in [1.165, 1.54) is 0 Å². The lowest BCUT2D eigenvalue weighted by Gasteiger charge is -2.09. The fourth-order valence-electron chi connectivity index (χ4n) is 0.981. The topological polar surface area (TPSA) is 43.2 Å². The molecule has 3 nitrogen and oxygen atoms in total. The van der Waals surface area contributed by atoms with Gasteiger partial charge in [0.25, 0.3) is 5.84 Å². The molecule has 0 aliphatic rings. The van der Waals surface area contributed by atoms with Crippen molar-refractivity contribution in [3.63, 3.8) is 0 Å². The normalized spacial score (nSPS) is 11.3. The van der Waals surface area contributed by atoms with E-state index >= 15 is 0 Å². The summed E-state index contributed by atoms with van der Waals surface area (Å²) in [6.45, 7) is 1.82. The molecule has 0 unspecified atom stereocenters. The van der Waals surface area contributed by atoms with Gasteiger partial charge in [0.05, 0.1) is 5.69 Å². The Morgan fingerprint density at radius 1 is 1.33 bits per heavy atom. The molecule has 0 saturated heterocycles. The van der Waals surface area contributed by atoms with E-state index in [0.29, 0.717) is 5.84 Å². The summed E-state index contributed by atoms with van der Waals surface area (Å²) in [5.41, 5.74) is 6.58. The molecule has 0 aliphatic carbocycles. The summed E-state index contributed by atoms with van der Waals surface area (Å²) in [6.07, 6.45) is 0. The van der Waals surface area contributed by atoms with Crippen LogP contribution in [0.3, 0.4) is 0 Å². The second-order valence-electron chi connectivity index (χ2n) is 2.69. The number of rotatable bonds is 2. The van der Waals surface area contributed by atoms with Gasteiger partial charge in [-0.05, 0) is 12.1 Å². The first-order valence-corrected chi connectivity index (χ1v) is 3.84. The summed E-state index contributed by atoms with van der Waals surface area (Å²) in [5.74, 6) is 0.682. The van der Waals surface area contributed by atoms with E-state index in [9.17, 15) is 0 Å². The van der Waals surface area contributed by atoms with E-state index in [1.54, 1.807) is 0 Å². The molecule has 0 saturated carbocycles. The van der Waals surface area contributed by atoms with Gasteiger partial charge in [0.15, 0.2) is 0 Å². The summed E-state index contributed by atoms with van der Waals surface area (Å²) in [6, 6.07) is 9.97. The standard InChI is InChI=1S/C9H13N3/c1-8(10)11-12(2)9-6-4-3-5-7-9/h3-7H,1-2H3,(H2,10,11)/p+1. The summed E-state index contributed by atoms with van der Waals surface area (Å²) in [5, 5.41) is 4.86. The second kappa shape index (κ2) is 3.76. The van der Waals surface area contributed by atoms with Crippen molar-refractivity contribution in [3.8, 4) is 0 Å². The summed E-state index contributed by atoms with van der Waals surface area (Å²) in [7, 11) is 1.92. The molecule has 0 atom stereocenters. The highest BCUT2D eigenvalue weighted by atomic mass is 15.4. The first-order valence-electron chi connectivity index (χ1n) is 3.84. The van der Waals surface area contributed by atoms with Gasteiger partial charge in [-0.3, -0.25) is 5.73 Å². The predicted octanol–water partition coefficient (Wildman–Crippen LogP) is -0.504. The van der Waals surface area contributed by atoms with E-state index in [0.717, 1.165) is 5.69 Å². The molecule has 0 radical (unpaired) electrons. The molecule has 0 fully saturated rings. The van der Waals surface area contributed by atoms with Gasteiger partial charge < -0.3 is 0 Å². The maximum absolute atomic E-state index is 5.49. The first-order chi connectivity index (χ1) is 5.70. The molecule has 1 rings (SSSR count). The van der Waals surface area contributed by atoms with Crippen LogP contribution >= 0.6 is 0 Å². The number of amidine groups is 1. The fourth-order valence-corrected chi connectivity index (χ4v) is 0.981. The van der Waals surface area contributed by atoms with E-state index < -0.39 is 0 Å². The Hall–Kier alpha value is -1.51. The van der Waals surface area contributed by atoms with Gasteiger partial charge in [0, 0.05) is 14.0 Å². The van der Waals surface area contributed by atoms with Crippen LogP contribution in [0.25, 0.3) is 0 Å². The number of hydrogen-bond acceptors (Lipinski definition) is 1. The summed E-state index contributed by atoms with van der Waals surface area (Å²) in [4.78, 5) is 0. The molecule has 0 aromatic heterocycles. The number of benzene rings is 1. The van der Waals surface area contributed by atoms with E-state index in [4.69, 9.17) is 5.73 Å². The third kappa shape index (κ3) is 2.27. The van der Waals surface area contributed by atoms with Crippen molar-refractivity contribution in [2.24, 2.45) is 5.73 Å². The molecule has 0 amide bonds. The summed E-state index contributed by atoms with van der Waals surface area (Å²) >= 11 is 0. The molecular weight excluding hydrogens is 150 g/mol. The number of nitrogens with zero attached hydrogens (tertiary/aromatic N) is 1. The molecule has 12 heavy (non-hydrogen) atoms. The number of hydrazone groups is 1. The maximum Gasteiger partial charge on any atom is 0.260 e. The van der Waals surface area contributed by atoms with Crippen LogP contribution in [-0.2, 0) is 0 Å². The number of hydrazine groups is 1. The Balaban J connectivity index is 2.79. The fraction of sp³-hybridized carbons (Fsp3) is 0.222. The van der Waals surface area contributed by atoms with Gasteiger partial charge in [-0.2, -0.15) is 5.10 Å². The number of para-hydroxylation sites is 1. The third-order valence-corrected chi connectivity index (χ3v) is 1.49. The molecule has 3 heteroatoms. The van der Waals surface area contributed by atoms with Gasteiger partial charge in [0.2, 0.25) is 0 Å². The van der Waals surface area contributed by atoms with Crippen molar-refractivity contribution in [3.05, 3.63) is 30.3 Å². The van der Waals surface area contributed by atoms with Crippen LogP contribution in [-0.4, -0.2) is 12.9 Å². The van der Waals surface area contributed by atoms with Crippen LogP contribution in [0.1, 0.15) is 6.92 Å². The lowest BCUT2D eigenvalue weighted by Crippen LogP contribution is -2.85. The van der Waals surface area contributed by atoms with Crippen molar-refractivity contribution in [1.82, 2.24) is 0 Å². The Bertz CT molecular complexity index is 262. The van der Waals surface area contributed by atoms with Crippen molar-refractivity contribution in [2.75, 3.05) is 12.1 Å². The van der Waals surface area contributed by atoms with Crippen LogP contribution in [0.15, 0.2) is 30.3 Å². The van der Waals surface area contributed by atoms with Crippen LogP contribution in [0.2, 0.25) is 0 Å². The van der Waals surface area contributed by atoms with Gasteiger partial charge in [-0.25, -0.2) is 5.01 Å². The van der Waals surface area contributed by atoms with Crippen LogP contribution in [0, 0.1) is 0 Å². The zero-order valence-corrected chi connectivity index (χ0v) is 7.41. The minimum absolute atomic E-state index is 0.682. The molecule has 1 aromatic rings. The quantitative estimate of drug-likeness (QED) is 0.351. The highest BCUT2D eigenvalue weighted by Crippen LogP contribution is 2.05. The van der Waals surface area contributed by atoms with Crippen molar-refractivity contribution in [1.29, 1.82) is 0 Å². The molecular formula is C9H14N3+. The van der Waals surface area contributed by atoms with Crippen molar-refractivity contribution >= 4 is 11.5 Å². The third-order valence-electron chi connectivity index (χ3n) is 1.49. The number of nitrogens with one attached hydrogen (secondary N) is 1. The highest BCUT2D eigenvalue weighted by molar-refractivity contribution is 5.71. The monoisotopic (exact) mass is 164 g/mol. The lowest BCUT2D eigenvalue weighted by atomic mass is 10.3. The SMILES string of the molecule is C/C(N)=[NH+]/N(C)c1ccccc1. The Morgan fingerprint density at radius 3 is 2.42 bits per heavy atom. The van der Waals surface area contributed by atoms with Gasteiger partial charge in [-0.1, -0.05) is 18.2 Å². The minimum atomic E-state index is 0.682. The van der Waals surface area contributed by atoms with Crippen LogP contribution in [0.4, 0.5) is 5.69 Å². The van der Waals surface area contributed by atoms with E-state index in [1.807, 2.05) is 49.3 Å². The largest absolute Gasteiger partial charge is 0.290 e. The number of anilines is 1. The molecule has 64 valence electrons. The minimum Gasteiger partial charge on any atom is -0.290 e. The predicted molar refractivity (Wildman–Crippen MR) is 50.7 cm³/mol. The zero-order valence-electron chi connectivity index (χ0n) is 7.41. The van der Waals surface area contributed by atoms with Gasteiger partial charge in [-0.15, -0.1) is 0 Å². The van der Waals surface area contributed by atoms with Crippen molar-refractivity contribution in [2.45, 2.75) is 6.92 Å². The van der Waals surface area contributed by atoms with Crippen LogP contribution in [0.5, 0.6) is 0 Å². The van der Waals surface area contributed by atoms with E-state index in [-0.39, 0.29) is 0 Å². The average Bonchev–Trinajstić information content (AvgIpc) is 2.05. The van der Waals surface area contributed by atoms with Gasteiger partial charge >= 0.3 is 0 Å². The molecule has 0 aliphatic heterocycles. The Morgan fingerprint density at radius 2 is 1.92 bits per heavy atom. The zero-order chi connectivity index (χ0) is 8.97. The molecule has 0 bridgehead atoms. The first kappa shape index (κ1) is 8.59. The number of hydrogen-bond donors (Lipinski definition) is 2. The van der Waals surface area contributed by atoms with Crippen LogP contribution < -0.4 is 15.8 Å². The smallest absolute Gasteiger partial charge is 0.260 e. The van der Waals surface area contributed by atoms with Gasteiger partial charge in [0.1, 0.15) is 0 Å². The molecule has 0 spiro atoms. The lowest BCUT2D eigenvalue weighted by molar-refractivity contribution is -0.469. The molecule has 3 N–H and O–H groups in total. The average molecular weight is 164 g/mol. The highest BCUT2D eigenvalue weighted by Gasteiger charge is 1.97. The Labute approximate surface area is 72.5 Å². The van der Waals surface area contributed by atoms with E-state index in [2.05, 4.69) is 5.10 Å². The summed E-state index contributed by atoms with van der Waals surface area (Å²) < 4.78 is 0. The second-order valence-corrected chi connectivity index (χ2v) is 2.69.